The van der Waals surface area contributed by atoms with Gasteiger partial charge in [0.05, 0.1) is 54.2 Å². The zero-order chi connectivity index (χ0) is 48.2. The molecule has 0 radical (unpaired) electrons. The van der Waals surface area contributed by atoms with Crippen LogP contribution in [0, 0.1) is 0 Å². The Balaban J connectivity index is 1.13. The molecule has 1 unspecified atom stereocenters. The van der Waals surface area contributed by atoms with Crippen molar-refractivity contribution in [2.75, 3.05) is 72.0 Å². The van der Waals surface area contributed by atoms with Crippen molar-refractivity contribution in [3.63, 3.8) is 0 Å². The van der Waals surface area contributed by atoms with Crippen molar-refractivity contribution in [1.29, 1.82) is 0 Å². The van der Waals surface area contributed by atoms with Gasteiger partial charge in [-0.2, -0.15) is 0 Å². The Morgan fingerprint density at radius 1 is 0.544 bits per heavy atom. The Morgan fingerprint density at radius 3 is 1.34 bits per heavy atom. The van der Waals surface area contributed by atoms with Gasteiger partial charge in [-0.05, 0) is 72.7 Å². The van der Waals surface area contributed by atoms with Crippen LogP contribution in [0.3, 0.4) is 0 Å². The van der Waals surface area contributed by atoms with E-state index in [1.54, 1.807) is 0 Å². The van der Waals surface area contributed by atoms with Crippen molar-refractivity contribution in [3.8, 4) is 0 Å². The van der Waals surface area contributed by atoms with E-state index in [0.29, 0.717) is 75.3 Å². The zero-order valence-corrected chi connectivity index (χ0v) is 40.5. The summed E-state index contributed by atoms with van der Waals surface area (Å²) < 4.78 is 6.30. The molecule has 0 spiro atoms. The normalized spacial score (nSPS) is 16.6. The highest BCUT2D eigenvalue weighted by molar-refractivity contribution is 5.88. The number of hydrogen-bond donors (Lipinski definition) is 3. The summed E-state index contributed by atoms with van der Waals surface area (Å²) in [5, 5.41) is 10.5. The lowest BCUT2D eigenvalue weighted by Crippen LogP contribution is -2.50. The van der Waals surface area contributed by atoms with Gasteiger partial charge in [-0.1, -0.05) is 118 Å². The van der Waals surface area contributed by atoms with Gasteiger partial charge in [-0.15, -0.1) is 0 Å². The maximum atomic E-state index is 13.8. The van der Waals surface area contributed by atoms with Gasteiger partial charge < -0.3 is 20.4 Å². The third kappa shape index (κ3) is 13.9. The fraction of sp³-hybridized carbons (Fsp3) is 0.400. The molecule has 68 heavy (non-hydrogen) atoms. The first-order chi connectivity index (χ1) is 32.7. The van der Waals surface area contributed by atoms with E-state index in [9.17, 15) is 19.2 Å². The molecular weight excluding hydrogens is 853 g/mol. The highest BCUT2D eigenvalue weighted by atomic mass is 16.3. The van der Waals surface area contributed by atoms with E-state index >= 15 is 0 Å². The van der Waals surface area contributed by atoms with Crippen LogP contribution >= 0.6 is 0 Å². The number of rotatable bonds is 14. The molecule has 1 fully saturated rings. The Kier molecular flexibility index (Phi) is 16.9. The minimum absolute atomic E-state index is 0.0871. The number of aromatic nitrogens is 1. The summed E-state index contributed by atoms with van der Waals surface area (Å²) in [6, 6.07) is 38.7. The molecule has 0 aliphatic carbocycles. The summed E-state index contributed by atoms with van der Waals surface area (Å²) in [5.74, 6) is -0.269. The number of nitrogens with zero attached hydrogens (tertiary/aromatic N) is 5. The van der Waals surface area contributed by atoms with Crippen LogP contribution < -0.4 is 21.4 Å². The van der Waals surface area contributed by atoms with Gasteiger partial charge in [0, 0.05) is 58.9 Å². The van der Waals surface area contributed by atoms with E-state index in [2.05, 4.69) is 56.3 Å². The molecule has 1 aliphatic heterocycles. The molecule has 3 N–H and O–H groups in total. The van der Waals surface area contributed by atoms with E-state index < -0.39 is 0 Å². The molecule has 0 saturated carbocycles. The summed E-state index contributed by atoms with van der Waals surface area (Å²) >= 11 is 0. The van der Waals surface area contributed by atoms with E-state index in [1.807, 2.05) is 142 Å². The maximum absolute atomic E-state index is 13.8. The predicted octanol–water partition coefficient (Wildman–Crippen LogP) is 6.99. The van der Waals surface area contributed by atoms with Crippen LogP contribution in [-0.4, -0.2) is 114 Å². The topological polar surface area (TPSA) is 143 Å². The summed E-state index contributed by atoms with van der Waals surface area (Å²) in [6.45, 7) is 17.6. The molecule has 0 bridgehead atoms. The van der Waals surface area contributed by atoms with Gasteiger partial charge in [0.2, 0.25) is 28.9 Å². The highest BCUT2D eigenvalue weighted by Crippen LogP contribution is 2.27. The van der Waals surface area contributed by atoms with Crippen molar-refractivity contribution in [3.05, 3.63) is 159 Å². The maximum Gasteiger partial charge on any atom is 0.234 e. The largest absolute Gasteiger partial charge is 0.437 e. The summed E-state index contributed by atoms with van der Waals surface area (Å²) in [7, 11) is 0. The SMILES string of the molecule is CC(NC(=O)CN1CCN(CC(=O)N[C@@H](C)c2ccccc2)CCN(CC(=O)N[C@@H](C)c2ccccc2)CCN(Cc2ccc3c(=O)c4cc(C(C)(C)C)ccc4oc3n2)CC1)c1ccccc1. The number of fused-ring (bicyclic) bond motifs is 2. The van der Waals surface area contributed by atoms with Crippen molar-refractivity contribution >= 4 is 39.8 Å². The molecule has 3 atom stereocenters. The van der Waals surface area contributed by atoms with Crippen LogP contribution in [-0.2, 0) is 26.3 Å². The third-order valence-corrected chi connectivity index (χ3v) is 12.9. The lowest BCUT2D eigenvalue weighted by atomic mass is 9.86. The first-order valence-electron chi connectivity index (χ1n) is 24.0. The average molecular weight is 921 g/mol. The first-order valence-corrected chi connectivity index (χ1v) is 24.0. The Hall–Kier alpha value is -6.25. The molecule has 2 aromatic heterocycles. The summed E-state index contributed by atoms with van der Waals surface area (Å²) in [6.07, 6.45) is 0. The van der Waals surface area contributed by atoms with Gasteiger partial charge in [-0.25, -0.2) is 4.98 Å². The second-order valence-electron chi connectivity index (χ2n) is 19.3. The van der Waals surface area contributed by atoms with Crippen molar-refractivity contribution < 1.29 is 18.8 Å². The molecular formula is C55H68N8O5. The molecule has 1 aliphatic rings. The highest BCUT2D eigenvalue weighted by Gasteiger charge is 2.24. The zero-order valence-electron chi connectivity index (χ0n) is 40.5. The van der Waals surface area contributed by atoms with Crippen molar-refractivity contribution in [2.24, 2.45) is 0 Å². The minimum Gasteiger partial charge on any atom is -0.437 e. The standard InChI is InChI=1S/C55H68N8O5/c1-39(42-16-10-7-11-17-42)56-50(64)36-61-28-26-60(35-46-23-24-47-53(67)48-34-45(55(4,5)6)22-25-49(48)68-54(47)59-46)27-29-62(37-51(65)57-40(2)43-18-12-8-13-19-43)31-33-63(32-30-61)38-52(66)58-41(3)44-20-14-9-15-21-44/h7-25,34,39-41H,26-33,35-38H2,1-6H3,(H,56,64)(H,57,65)(H,58,66)/t39-,40?,41-/m0/s1. The lowest BCUT2D eigenvalue weighted by molar-refractivity contribution is -0.125. The molecule has 13 nitrogen and oxygen atoms in total. The molecule has 358 valence electrons. The van der Waals surface area contributed by atoms with Crippen LogP contribution in [0.25, 0.3) is 22.1 Å². The predicted molar refractivity (Wildman–Crippen MR) is 270 cm³/mol. The third-order valence-electron chi connectivity index (χ3n) is 12.9. The van der Waals surface area contributed by atoms with E-state index in [-0.39, 0.29) is 72.0 Å². The molecule has 3 amide bonds. The van der Waals surface area contributed by atoms with Crippen LogP contribution in [0.1, 0.15) is 87.6 Å². The molecule has 4 aromatic carbocycles. The molecule has 7 rings (SSSR count). The number of amides is 3. The van der Waals surface area contributed by atoms with Gasteiger partial charge in [-0.3, -0.25) is 38.8 Å². The van der Waals surface area contributed by atoms with E-state index in [1.165, 1.54) is 0 Å². The fourth-order valence-corrected chi connectivity index (χ4v) is 8.72. The van der Waals surface area contributed by atoms with E-state index in [0.717, 1.165) is 27.9 Å². The molecule has 3 heterocycles. The quantitative estimate of drug-likeness (QED) is 0.0979. The van der Waals surface area contributed by atoms with Gasteiger partial charge in [0.15, 0.2) is 0 Å². The smallest absolute Gasteiger partial charge is 0.234 e. The van der Waals surface area contributed by atoms with Crippen LogP contribution in [0.15, 0.2) is 131 Å². The second kappa shape index (κ2) is 23.2. The number of carbonyl (C=O) groups excluding carboxylic acids is 3. The van der Waals surface area contributed by atoms with Crippen LogP contribution in [0.2, 0.25) is 0 Å². The van der Waals surface area contributed by atoms with Crippen LogP contribution in [0.4, 0.5) is 0 Å². The van der Waals surface area contributed by atoms with Gasteiger partial charge in [0.1, 0.15) is 5.58 Å². The van der Waals surface area contributed by atoms with Crippen molar-refractivity contribution in [1.82, 2.24) is 40.5 Å². The molecule has 1 saturated heterocycles. The Labute approximate surface area is 400 Å². The molecule has 6 aromatic rings. The first kappa shape index (κ1) is 49.6. The number of nitrogens with one attached hydrogen (secondary N) is 3. The second-order valence-corrected chi connectivity index (χ2v) is 19.3. The van der Waals surface area contributed by atoms with Crippen LogP contribution in [0.5, 0.6) is 0 Å². The number of pyridine rings is 1. The minimum atomic E-state index is -0.171. The van der Waals surface area contributed by atoms with E-state index in [4.69, 9.17) is 9.40 Å². The fourth-order valence-electron chi connectivity index (χ4n) is 8.72. The Morgan fingerprint density at radius 2 is 0.941 bits per heavy atom. The van der Waals surface area contributed by atoms with Gasteiger partial charge in [0.25, 0.3) is 0 Å². The average Bonchev–Trinajstić information content (AvgIpc) is 3.32. The number of benzene rings is 4. The lowest BCUT2D eigenvalue weighted by Gasteiger charge is -2.34. The monoisotopic (exact) mass is 921 g/mol. The Bertz CT molecular complexity index is 2600. The number of carbonyl (C=O) groups is 3. The summed E-state index contributed by atoms with van der Waals surface area (Å²) in [4.78, 5) is 68.6. The van der Waals surface area contributed by atoms with Gasteiger partial charge >= 0.3 is 0 Å². The molecule has 13 heteroatoms. The summed E-state index contributed by atoms with van der Waals surface area (Å²) in [5.41, 5.74) is 5.41. The van der Waals surface area contributed by atoms with Crippen molar-refractivity contribution in [2.45, 2.75) is 71.6 Å². The number of hydrogen-bond acceptors (Lipinski definition) is 10.